The van der Waals surface area contributed by atoms with Crippen LogP contribution in [0.5, 0.6) is 0 Å². The number of aromatic nitrogens is 3. The van der Waals surface area contributed by atoms with Crippen LogP contribution in [0, 0.1) is 5.92 Å². The molecule has 3 fully saturated rings. The molecule has 28 heteroatoms. The summed E-state index contributed by atoms with van der Waals surface area (Å²) in [6, 6.07) is 49.5. The van der Waals surface area contributed by atoms with E-state index >= 15 is 0 Å². The number of methoxy groups -OCH3 is 6. The average Bonchev–Trinajstić information content (AvgIpc) is 0.730. The highest BCUT2D eigenvalue weighted by Gasteiger charge is 2.49. The van der Waals surface area contributed by atoms with Gasteiger partial charge in [-0.15, -0.1) is 0 Å². The second kappa shape index (κ2) is 60.6. The van der Waals surface area contributed by atoms with Crippen LogP contribution in [0.2, 0.25) is 0 Å². The summed E-state index contributed by atoms with van der Waals surface area (Å²) in [5, 5.41) is 6.35. The van der Waals surface area contributed by atoms with Gasteiger partial charge in [0.1, 0.15) is 0 Å². The third-order valence-electron chi connectivity index (χ3n) is 22.2. The number of ether oxygens (including phenoxy) is 24. The van der Waals surface area contributed by atoms with Gasteiger partial charge in [-0.25, -0.2) is 0 Å². The van der Waals surface area contributed by atoms with Gasteiger partial charge in [-0.3, -0.25) is 19.9 Å². The summed E-state index contributed by atoms with van der Waals surface area (Å²) in [6.45, 7) is 19.1. The van der Waals surface area contributed by atoms with Gasteiger partial charge >= 0.3 is 0 Å². The summed E-state index contributed by atoms with van der Waals surface area (Å²) in [6.07, 6.45) is 4.73. The minimum absolute atomic E-state index is 0.120. The molecule has 0 aliphatic carbocycles. The first-order chi connectivity index (χ1) is 63.4. The Hall–Kier alpha value is -7.45. The van der Waals surface area contributed by atoms with Crippen LogP contribution in [0.3, 0.4) is 0 Å². The zero-order chi connectivity index (χ0) is 88.9. The number of hydrogen-bond acceptors (Lipinski definition) is 28. The molecule has 0 radical (unpaired) electrons. The van der Waals surface area contributed by atoms with E-state index in [9.17, 15) is 0 Å². The summed E-state index contributed by atoms with van der Waals surface area (Å²) < 4.78 is 138. The Kier molecular flexibility index (Phi) is 47.8. The number of piperidine rings is 3. The van der Waals surface area contributed by atoms with Crippen molar-refractivity contribution in [3.63, 3.8) is 0 Å². The Morgan fingerprint density at radius 3 is 0.750 bits per heavy atom. The topological polar surface area (TPSA) is 263 Å². The van der Waals surface area contributed by atoms with Crippen LogP contribution >= 0.6 is 0 Å². The zero-order valence-corrected chi connectivity index (χ0v) is 76.1. The molecule has 6 heterocycles. The highest BCUT2D eigenvalue weighted by atomic mass is 16.6. The Bertz CT molecular complexity index is 4270. The minimum atomic E-state index is -0.134. The lowest BCUT2D eigenvalue weighted by atomic mass is 9.72. The fourth-order valence-corrected chi connectivity index (χ4v) is 16.1. The molecule has 128 heavy (non-hydrogen) atoms. The Morgan fingerprint density at radius 2 is 0.477 bits per heavy atom. The zero-order valence-electron chi connectivity index (χ0n) is 76.1. The maximum absolute atomic E-state index is 6.40. The van der Waals surface area contributed by atoms with Crippen LogP contribution in [-0.2, 0) is 153 Å². The number of nitrogens with zero attached hydrogens (tertiary/aromatic N) is 4. The molecule has 28 nitrogen and oxygen atoms in total. The summed E-state index contributed by atoms with van der Waals surface area (Å²) >= 11 is 0. The van der Waals surface area contributed by atoms with Crippen molar-refractivity contribution < 1.29 is 114 Å². The summed E-state index contributed by atoms with van der Waals surface area (Å²) in [7, 11) is 9.96. The predicted octanol–water partition coefficient (Wildman–Crippen LogP) is 14.1. The standard InChI is InChI=1S/C100H136N4O24/c1-105-30-36-111-42-48-117-54-60-123-70-78-12-7-15-87-84(26-22-81(98(78)87)73-126-63-57-120-51-45-114-39-33-108-4)77-25-29-92(101-69-77)95-66-76-67-96(93-20-10-18-90(102-93)85-27-23-82(74-127-64-58-121-52-46-115-40-34-109-5)99-79(13-8-16-88(85)99)71-124-61-55-118-49-43-112-37-31-106-2)104(95)97(68-76)94-21-11-19-91(103-94)86-28-24-83(75-128-65-59-122-53-47-116-41-35-110-6)100-80(14-9-17-89(86)100)72-125-62-56-119-50-44-113-38-32-107-3/h7-29,69,76,95-97H,30-68,70-75H2,1-6H3. The van der Waals surface area contributed by atoms with Gasteiger partial charge in [-0.05, 0) is 127 Å². The van der Waals surface area contributed by atoms with Crippen LogP contribution in [0.4, 0.5) is 0 Å². The third-order valence-corrected chi connectivity index (χ3v) is 22.2. The van der Waals surface area contributed by atoms with E-state index in [1.807, 2.05) is 0 Å². The molecule has 3 unspecified atom stereocenters. The lowest BCUT2D eigenvalue weighted by molar-refractivity contribution is -0.0595. The molecule has 2 bridgehead atoms. The molecule has 0 N–H and O–H groups in total. The molecule has 700 valence electrons. The number of benzene rings is 6. The van der Waals surface area contributed by atoms with Gasteiger partial charge in [0.2, 0.25) is 0 Å². The van der Waals surface area contributed by atoms with E-state index in [2.05, 4.69) is 151 Å². The second-order valence-corrected chi connectivity index (χ2v) is 30.9. The second-order valence-electron chi connectivity index (χ2n) is 30.9. The fraction of sp³-hybridized carbons (Fsp3) is 0.550. The number of fused-ring (bicyclic) bond motifs is 6. The first-order valence-corrected chi connectivity index (χ1v) is 45.1. The van der Waals surface area contributed by atoms with Crippen LogP contribution in [-0.4, -0.2) is 300 Å². The summed E-state index contributed by atoms with van der Waals surface area (Å²) in [5.74, 6) is 0.277. The monoisotopic (exact) mass is 1780 g/mol. The Labute approximate surface area is 755 Å². The largest absolute Gasteiger partial charge is 0.382 e. The van der Waals surface area contributed by atoms with E-state index in [0.29, 0.717) is 277 Å². The van der Waals surface area contributed by atoms with Crippen molar-refractivity contribution in [2.45, 2.75) is 77.0 Å². The first kappa shape index (κ1) is 101. The number of pyridine rings is 3. The van der Waals surface area contributed by atoms with Crippen molar-refractivity contribution in [3.8, 4) is 33.6 Å². The molecule has 0 amide bonds. The Morgan fingerprint density at radius 1 is 0.234 bits per heavy atom. The van der Waals surface area contributed by atoms with E-state index in [1.54, 1.807) is 42.7 Å². The highest BCUT2D eigenvalue weighted by Crippen LogP contribution is 2.57. The van der Waals surface area contributed by atoms with Crippen molar-refractivity contribution in [1.29, 1.82) is 0 Å². The van der Waals surface area contributed by atoms with Crippen LogP contribution in [0.15, 0.2) is 146 Å². The SMILES string of the molecule is COCCOCCOCCOCc1cccc2c(-c3ccc(C4CC5CC(c6cccc(-c7ccc(COCCOCCOCCOC)c8c(COCCOCCOCCOC)cccc78)n6)N4C(c4cccc(-c6ccc(COCCOCCOCCOC)c7c(COCCOCCOCCOC)cccc67)n4)C5)nc3)ccc(COCCOCCOCCOC)c12. The molecule has 0 saturated carbocycles. The maximum Gasteiger partial charge on any atom is 0.0724 e. The molecule has 6 aromatic carbocycles. The van der Waals surface area contributed by atoms with E-state index in [4.69, 9.17) is 129 Å². The highest BCUT2D eigenvalue weighted by molar-refractivity contribution is 6.02. The predicted molar refractivity (Wildman–Crippen MR) is 488 cm³/mol. The quantitative estimate of drug-likeness (QED) is 0.0321. The van der Waals surface area contributed by atoms with Gasteiger partial charge in [0.05, 0.1) is 324 Å². The molecule has 3 aliphatic heterocycles. The average molecular weight is 1780 g/mol. The molecule has 3 atom stereocenters. The van der Waals surface area contributed by atoms with E-state index in [-0.39, 0.29) is 24.0 Å². The molecule has 12 rings (SSSR count). The third kappa shape index (κ3) is 32.8. The minimum Gasteiger partial charge on any atom is -0.382 e. The maximum atomic E-state index is 6.40. The number of rotatable bonds is 72. The normalized spacial score (nSPS) is 15.8. The lowest BCUT2D eigenvalue weighted by Crippen LogP contribution is -2.48. The van der Waals surface area contributed by atoms with E-state index in [1.165, 1.54) is 0 Å². The molecule has 9 aromatic rings. The van der Waals surface area contributed by atoms with Gasteiger partial charge < -0.3 is 114 Å². The van der Waals surface area contributed by atoms with Gasteiger partial charge in [-0.2, -0.15) is 0 Å². The molecule has 0 spiro atoms. The van der Waals surface area contributed by atoms with Crippen molar-refractivity contribution in [1.82, 2.24) is 19.9 Å². The number of hydrogen-bond donors (Lipinski definition) is 0. The van der Waals surface area contributed by atoms with Crippen molar-refractivity contribution in [3.05, 3.63) is 196 Å². The van der Waals surface area contributed by atoms with Gasteiger partial charge in [-0.1, -0.05) is 109 Å². The smallest absolute Gasteiger partial charge is 0.0724 e. The molecular formula is C100H136N4O24. The van der Waals surface area contributed by atoms with E-state index < -0.39 is 0 Å². The van der Waals surface area contributed by atoms with Crippen LogP contribution in [0.1, 0.15) is 87.9 Å². The molecule has 3 saturated heterocycles. The summed E-state index contributed by atoms with van der Waals surface area (Å²) in [4.78, 5) is 19.9. The summed E-state index contributed by atoms with van der Waals surface area (Å²) in [5.41, 5.74) is 14.9. The fourth-order valence-electron chi connectivity index (χ4n) is 16.1. The van der Waals surface area contributed by atoms with Crippen LogP contribution in [0.25, 0.3) is 66.0 Å². The van der Waals surface area contributed by atoms with Gasteiger partial charge in [0.15, 0.2) is 0 Å². The van der Waals surface area contributed by atoms with Gasteiger partial charge in [0.25, 0.3) is 0 Å². The van der Waals surface area contributed by atoms with Crippen molar-refractivity contribution in [2.24, 2.45) is 5.92 Å². The van der Waals surface area contributed by atoms with Crippen molar-refractivity contribution >= 4 is 32.3 Å². The molecular weight excluding hydrogens is 1640 g/mol. The first-order valence-electron chi connectivity index (χ1n) is 45.1. The van der Waals surface area contributed by atoms with Crippen molar-refractivity contribution in [2.75, 3.05) is 281 Å². The lowest BCUT2D eigenvalue weighted by Gasteiger charge is -2.54. The molecule has 3 aromatic heterocycles. The van der Waals surface area contributed by atoms with Gasteiger partial charge in [0, 0.05) is 65.5 Å². The molecule has 3 aliphatic rings. The van der Waals surface area contributed by atoms with Crippen LogP contribution < -0.4 is 0 Å². The van der Waals surface area contributed by atoms with E-state index in [0.717, 1.165) is 136 Å². The Balaban J connectivity index is 0.918.